The van der Waals surface area contributed by atoms with Crippen molar-refractivity contribution in [2.24, 2.45) is 5.92 Å². The second kappa shape index (κ2) is 7.04. The minimum absolute atomic E-state index is 0.0666. The number of hydrogen-bond acceptors (Lipinski definition) is 6. The lowest BCUT2D eigenvalue weighted by molar-refractivity contribution is -0.195. The van der Waals surface area contributed by atoms with Gasteiger partial charge in [0.15, 0.2) is 11.5 Å². The Kier molecular flexibility index (Phi) is 4.97. The molecule has 0 spiro atoms. The Bertz CT molecular complexity index is 713. The third-order valence-electron chi connectivity index (χ3n) is 5.26. The number of rotatable bonds is 6. The van der Waals surface area contributed by atoms with Gasteiger partial charge in [-0.3, -0.25) is 0 Å². The van der Waals surface area contributed by atoms with Crippen LogP contribution >= 0.6 is 0 Å². The molecule has 7 heteroatoms. The molecule has 0 heterocycles. The highest BCUT2D eigenvalue weighted by Crippen LogP contribution is 2.45. The van der Waals surface area contributed by atoms with E-state index in [1.165, 1.54) is 12.8 Å². The summed E-state index contributed by atoms with van der Waals surface area (Å²) in [5.41, 5.74) is -0.0399. The molecule has 3 rings (SSSR count). The summed E-state index contributed by atoms with van der Waals surface area (Å²) in [7, 11) is 1.57. The van der Waals surface area contributed by atoms with Crippen LogP contribution in [0.15, 0.2) is 18.2 Å². The fourth-order valence-corrected chi connectivity index (χ4v) is 3.38. The molecule has 140 valence electrons. The Labute approximate surface area is 152 Å². The Morgan fingerprint density at radius 2 is 1.96 bits per heavy atom. The van der Waals surface area contributed by atoms with Crippen molar-refractivity contribution in [3.05, 3.63) is 23.8 Å². The average Bonchev–Trinajstić information content (AvgIpc) is 3.44. The largest absolute Gasteiger partial charge is 0.508 e. The molecule has 26 heavy (non-hydrogen) atoms. The Balaban J connectivity index is 1.80. The summed E-state index contributed by atoms with van der Waals surface area (Å²) < 4.78 is 15.8. The molecule has 0 aliphatic heterocycles. The van der Waals surface area contributed by atoms with Crippen molar-refractivity contribution in [3.63, 3.8) is 0 Å². The Morgan fingerprint density at radius 3 is 2.50 bits per heavy atom. The zero-order chi connectivity index (χ0) is 18.8. The van der Waals surface area contributed by atoms with Crippen molar-refractivity contribution < 1.29 is 29.2 Å². The zero-order valence-electron chi connectivity index (χ0n) is 14.7. The van der Waals surface area contributed by atoms with E-state index in [1.807, 2.05) is 12.1 Å². The van der Waals surface area contributed by atoms with Crippen LogP contribution in [0.4, 0.5) is 4.79 Å². The molecule has 0 aromatic heterocycles. The number of hydrogen-bond donors (Lipinski definition) is 2. The van der Waals surface area contributed by atoms with Gasteiger partial charge in [0.05, 0.1) is 25.2 Å². The summed E-state index contributed by atoms with van der Waals surface area (Å²) >= 11 is 0. The maximum atomic E-state index is 10.7. The standard InChI is InChI=1S/C19H23NO6/c1-24-15-5-4-14(10-16(15)25-11-13-2-3-13)18(12-20)6-8-19(23,9-7-18)26-17(21)22/h4-5,10,13,23H,2-3,6-9,11H2,1H3,(H,21,22)/t18-,19-. The first-order valence-corrected chi connectivity index (χ1v) is 8.77. The molecule has 1 aromatic carbocycles. The molecule has 0 radical (unpaired) electrons. The van der Waals surface area contributed by atoms with Gasteiger partial charge in [-0.1, -0.05) is 6.07 Å². The predicted octanol–water partition coefficient (Wildman–Crippen LogP) is 3.20. The summed E-state index contributed by atoms with van der Waals surface area (Å²) in [5, 5.41) is 28.8. The number of carboxylic acid groups (broad SMARTS) is 1. The lowest BCUT2D eigenvalue weighted by Crippen LogP contribution is -2.43. The molecule has 0 unspecified atom stereocenters. The quantitative estimate of drug-likeness (QED) is 0.591. The third-order valence-corrected chi connectivity index (χ3v) is 5.26. The minimum Gasteiger partial charge on any atom is -0.493 e. The Morgan fingerprint density at radius 1 is 1.27 bits per heavy atom. The van der Waals surface area contributed by atoms with E-state index in [1.54, 1.807) is 13.2 Å². The predicted molar refractivity (Wildman–Crippen MR) is 91.0 cm³/mol. The van der Waals surface area contributed by atoms with Crippen LogP contribution in [0.25, 0.3) is 0 Å². The second-order valence-corrected chi connectivity index (χ2v) is 7.13. The smallest absolute Gasteiger partial charge is 0.493 e. The third kappa shape index (κ3) is 3.86. The summed E-state index contributed by atoms with van der Waals surface area (Å²) in [6.07, 6.45) is 1.55. The lowest BCUT2D eigenvalue weighted by Gasteiger charge is -2.39. The normalized spacial score (nSPS) is 28.0. The molecule has 2 aliphatic rings. The van der Waals surface area contributed by atoms with Crippen molar-refractivity contribution in [1.29, 1.82) is 5.26 Å². The van der Waals surface area contributed by atoms with Crippen molar-refractivity contribution in [2.45, 2.75) is 49.7 Å². The minimum atomic E-state index is -1.73. The molecular weight excluding hydrogens is 338 g/mol. The van der Waals surface area contributed by atoms with Gasteiger partial charge >= 0.3 is 6.16 Å². The molecule has 0 atom stereocenters. The van der Waals surface area contributed by atoms with Gasteiger partial charge in [-0.05, 0) is 49.3 Å². The van der Waals surface area contributed by atoms with Crippen LogP contribution in [-0.4, -0.2) is 35.9 Å². The Hall–Kier alpha value is -2.46. The molecular formula is C19H23NO6. The average molecular weight is 361 g/mol. The van der Waals surface area contributed by atoms with Crippen LogP contribution in [0.2, 0.25) is 0 Å². The van der Waals surface area contributed by atoms with Gasteiger partial charge in [0.25, 0.3) is 0 Å². The van der Waals surface area contributed by atoms with Crippen LogP contribution < -0.4 is 9.47 Å². The number of carbonyl (C=O) groups is 1. The SMILES string of the molecule is COc1ccc([C@]2(C#N)CC[C@@](O)(OC(=O)O)CC2)cc1OCC1CC1. The first-order chi connectivity index (χ1) is 12.4. The second-order valence-electron chi connectivity index (χ2n) is 7.13. The van der Waals surface area contributed by atoms with E-state index in [9.17, 15) is 15.2 Å². The van der Waals surface area contributed by atoms with Gasteiger partial charge in [0.1, 0.15) is 0 Å². The number of ether oxygens (including phenoxy) is 3. The van der Waals surface area contributed by atoms with Crippen molar-refractivity contribution >= 4 is 6.16 Å². The molecule has 1 aromatic rings. The maximum absolute atomic E-state index is 10.7. The van der Waals surface area contributed by atoms with Crippen LogP contribution in [-0.2, 0) is 10.2 Å². The van der Waals surface area contributed by atoms with Gasteiger partial charge in [0.2, 0.25) is 5.79 Å². The van der Waals surface area contributed by atoms with Gasteiger partial charge in [-0.15, -0.1) is 0 Å². The van der Waals surface area contributed by atoms with Gasteiger partial charge in [-0.25, -0.2) is 4.79 Å². The highest BCUT2D eigenvalue weighted by atomic mass is 16.7. The highest BCUT2D eigenvalue weighted by molar-refractivity contribution is 5.57. The highest BCUT2D eigenvalue weighted by Gasteiger charge is 2.45. The van der Waals surface area contributed by atoms with Gasteiger partial charge in [0, 0.05) is 12.8 Å². The van der Waals surface area contributed by atoms with E-state index in [2.05, 4.69) is 10.8 Å². The van der Waals surface area contributed by atoms with E-state index in [-0.39, 0.29) is 12.8 Å². The molecule has 0 bridgehead atoms. The van der Waals surface area contributed by atoms with Crippen LogP contribution in [0.5, 0.6) is 11.5 Å². The van der Waals surface area contributed by atoms with Crippen LogP contribution in [0, 0.1) is 17.2 Å². The molecule has 2 N–H and O–H groups in total. The summed E-state index contributed by atoms with van der Waals surface area (Å²) in [5.74, 6) is 0.0774. The molecule has 2 saturated carbocycles. The van der Waals surface area contributed by atoms with Gasteiger partial charge < -0.3 is 24.4 Å². The molecule has 2 aliphatic carbocycles. The van der Waals surface area contributed by atoms with E-state index < -0.39 is 17.4 Å². The zero-order valence-corrected chi connectivity index (χ0v) is 14.7. The summed E-state index contributed by atoms with van der Waals surface area (Å²) in [6.45, 7) is 0.631. The number of nitrogens with zero attached hydrogens (tertiary/aromatic N) is 1. The lowest BCUT2D eigenvalue weighted by atomic mass is 9.68. The van der Waals surface area contributed by atoms with E-state index in [0.29, 0.717) is 36.9 Å². The van der Waals surface area contributed by atoms with E-state index >= 15 is 0 Å². The molecule has 7 nitrogen and oxygen atoms in total. The first-order valence-electron chi connectivity index (χ1n) is 8.77. The number of aliphatic hydroxyl groups is 1. The summed E-state index contributed by atoms with van der Waals surface area (Å²) in [6, 6.07) is 7.79. The van der Waals surface area contributed by atoms with E-state index in [0.717, 1.165) is 5.56 Å². The van der Waals surface area contributed by atoms with E-state index in [4.69, 9.17) is 14.6 Å². The van der Waals surface area contributed by atoms with Crippen molar-refractivity contribution in [2.75, 3.05) is 13.7 Å². The number of methoxy groups -OCH3 is 1. The monoisotopic (exact) mass is 361 g/mol. The molecule has 0 amide bonds. The number of nitriles is 1. The van der Waals surface area contributed by atoms with Gasteiger partial charge in [-0.2, -0.15) is 5.26 Å². The van der Waals surface area contributed by atoms with Crippen LogP contribution in [0.3, 0.4) is 0 Å². The van der Waals surface area contributed by atoms with Crippen molar-refractivity contribution in [1.82, 2.24) is 0 Å². The molecule has 0 saturated heterocycles. The fraction of sp³-hybridized carbons (Fsp3) is 0.579. The summed E-state index contributed by atoms with van der Waals surface area (Å²) in [4.78, 5) is 10.7. The topological polar surface area (TPSA) is 109 Å². The van der Waals surface area contributed by atoms with Crippen LogP contribution in [0.1, 0.15) is 44.1 Å². The number of benzene rings is 1. The fourth-order valence-electron chi connectivity index (χ4n) is 3.38. The maximum Gasteiger partial charge on any atom is 0.508 e. The molecule has 2 fully saturated rings. The first kappa shape index (κ1) is 18.3. The van der Waals surface area contributed by atoms with Crippen molar-refractivity contribution in [3.8, 4) is 17.6 Å².